The van der Waals surface area contributed by atoms with Crippen LogP contribution in [-0.2, 0) is 14.3 Å². The van der Waals surface area contributed by atoms with Crippen LogP contribution in [0.25, 0.3) is 0 Å². The van der Waals surface area contributed by atoms with E-state index in [-0.39, 0.29) is 18.9 Å². The van der Waals surface area contributed by atoms with Crippen molar-refractivity contribution in [3.8, 4) is 0 Å². The molecule has 1 atom stereocenters. The van der Waals surface area contributed by atoms with Crippen molar-refractivity contribution in [3.05, 3.63) is 28.0 Å². The van der Waals surface area contributed by atoms with Gasteiger partial charge in [0.1, 0.15) is 11.5 Å². The number of nitro groups is 1. The summed E-state index contributed by atoms with van der Waals surface area (Å²) < 4.78 is 14.7. The monoisotopic (exact) mass is 354 g/mol. The molecule has 1 aromatic rings. The lowest BCUT2D eigenvalue weighted by atomic mass is 10.4. The summed E-state index contributed by atoms with van der Waals surface area (Å²) in [6.07, 6.45) is -1.29. The first-order valence-corrected chi connectivity index (χ1v) is 6.95. The van der Waals surface area contributed by atoms with Crippen molar-refractivity contribution >= 4 is 30.2 Å². The highest BCUT2D eigenvalue weighted by atomic mass is 16.6. The minimum absolute atomic E-state index is 0.00476. The summed E-state index contributed by atoms with van der Waals surface area (Å²) in [7, 11) is 1.25. The molecule has 2 rings (SSSR count). The van der Waals surface area contributed by atoms with E-state index >= 15 is 0 Å². The maximum absolute atomic E-state index is 11.7. The normalized spacial score (nSPS) is 16.8. The summed E-state index contributed by atoms with van der Waals surface area (Å²) in [5, 5.41) is 15.2. The van der Waals surface area contributed by atoms with Gasteiger partial charge in [-0.1, -0.05) is 0 Å². The fourth-order valence-electron chi connectivity index (χ4n) is 1.72. The molecule has 1 unspecified atom stereocenters. The van der Waals surface area contributed by atoms with E-state index in [4.69, 9.17) is 13.9 Å². The minimum atomic E-state index is -0.867. The Balaban J connectivity index is 1.87. The summed E-state index contributed by atoms with van der Waals surface area (Å²) in [4.78, 5) is 44.7. The fourth-order valence-corrected chi connectivity index (χ4v) is 1.72. The third-order valence-electron chi connectivity index (χ3n) is 3.11. The predicted molar refractivity (Wildman–Crippen MR) is 79.7 cm³/mol. The lowest BCUT2D eigenvalue weighted by molar-refractivity contribution is -0.402. The lowest BCUT2D eigenvalue weighted by Gasteiger charge is -2.14. The Hall–Kier alpha value is -3.44. The molecule has 25 heavy (non-hydrogen) atoms. The average molecular weight is 354 g/mol. The molecule has 1 aromatic heterocycles. The van der Waals surface area contributed by atoms with Gasteiger partial charge in [0.25, 0.3) is 0 Å². The van der Waals surface area contributed by atoms with Gasteiger partial charge in [0.2, 0.25) is 5.91 Å². The summed E-state index contributed by atoms with van der Waals surface area (Å²) in [6, 6.07) is 2.47. The van der Waals surface area contributed by atoms with Crippen molar-refractivity contribution in [3.63, 3.8) is 0 Å². The molecule has 0 N–H and O–H groups in total. The van der Waals surface area contributed by atoms with Crippen molar-refractivity contribution in [1.29, 1.82) is 0 Å². The number of hydrogen-bond donors (Lipinski definition) is 0. The van der Waals surface area contributed by atoms with Gasteiger partial charge in [-0.2, -0.15) is 10.1 Å². The number of rotatable bonds is 5. The van der Waals surface area contributed by atoms with Crippen molar-refractivity contribution < 1.29 is 33.2 Å². The van der Waals surface area contributed by atoms with Gasteiger partial charge < -0.3 is 13.9 Å². The smallest absolute Gasteiger partial charge is 0.433 e. The maximum Gasteiger partial charge on any atom is 0.433 e. The maximum atomic E-state index is 11.7. The molecule has 0 saturated carbocycles. The van der Waals surface area contributed by atoms with Gasteiger partial charge in [-0.25, -0.2) is 9.59 Å². The molecule has 0 radical (unpaired) electrons. The topological polar surface area (TPSA) is 145 Å². The largest absolute Gasteiger partial charge is 0.445 e. The van der Waals surface area contributed by atoms with Crippen molar-refractivity contribution in [2.45, 2.75) is 13.0 Å². The van der Waals surface area contributed by atoms with E-state index in [2.05, 4.69) is 5.10 Å². The van der Waals surface area contributed by atoms with Crippen molar-refractivity contribution in [1.82, 2.24) is 9.91 Å². The summed E-state index contributed by atoms with van der Waals surface area (Å²) in [5.41, 5.74) is 0. The van der Waals surface area contributed by atoms with Gasteiger partial charge in [0, 0.05) is 14.0 Å². The third-order valence-corrected chi connectivity index (χ3v) is 3.11. The van der Waals surface area contributed by atoms with Gasteiger partial charge in [0.15, 0.2) is 11.9 Å². The van der Waals surface area contributed by atoms with Gasteiger partial charge >= 0.3 is 18.1 Å². The summed E-state index contributed by atoms with van der Waals surface area (Å²) in [6.45, 7) is 0.946. The van der Waals surface area contributed by atoms with Crippen LogP contribution in [0.2, 0.25) is 0 Å². The number of nitrogens with zero attached hydrogens (tertiary/aromatic N) is 4. The van der Waals surface area contributed by atoms with Crippen LogP contribution in [0.5, 0.6) is 0 Å². The zero-order valence-corrected chi connectivity index (χ0v) is 13.3. The van der Waals surface area contributed by atoms with E-state index in [0.717, 1.165) is 22.2 Å². The van der Waals surface area contributed by atoms with Crippen LogP contribution in [0.4, 0.5) is 15.5 Å². The number of imide groups is 1. The number of carbonyl (C=O) groups is 3. The molecule has 1 aliphatic rings. The Morgan fingerprint density at radius 2 is 2.28 bits per heavy atom. The minimum Gasteiger partial charge on any atom is -0.445 e. The molecule has 0 aromatic carbocycles. The first kappa shape index (κ1) is 17.9. The summed E-state index contributed by atoms with van der Waals surface area (Å²) in [5.74, 6) is -0.866. The lowest BCUT2D eigenvalue weighted by Crippen LogP contribution is -2.34. The Morgan fingerprint density at radius 3 is 2.88 bits per heavy atom. The molecule has 0 bridgehead atoms. The Kier molecular flexibility index (Phi) is 5.31. The number of cyclic esters (lactones) is 1. The highest BCUT2D eigenvalue weighted by Gasteiger charge is 2.32. The van der Waals surface area contributed by atoms with Crippen LogP contribution in [0.3, 0.4) is 0 Å². The Bertz CT molecular complexity index is 727. The van der Waals surface area contributed by atoms with Gasteiger partial charge in [0.05, 0.1) is 18.8 Å². The highest BCUT2D eigenvalue weighted by molar-refractivity contribution is 5.90. The third kappa shape index (κ3) is 4.53. The molecule has 2 heterocycles. The zero-order chi connectivity index (χ0) is 18.6. The van der Waals surface area contributed by atoms with E-state index in [9.17, 15) is 24.5 Å². The van der Waals surface area contributed by atoms with E-state index in [1.54, 1.807) is 0 Å². The van der Waals surface area contributed by atoms with E-state index in [1.165, 1.54) is 20.0 Å². The number of hydrazone groups is 1. The molecular weight excluding hydrogens is 340 g/mol. The van der Waals surface area contributed by atoms with Crippen LogP contribution >= 0.6 is 0 Å². The molecule has 1 saturated heterocycles. The number of amides is 3. The SMILES string of the molecule is CC(=O)N(C)C(=O)OCC1CN(N=Cc2ccc([N+](=O)[O-])o2)C(=O)O1. The molecular formula is C13H14N4O8. The van der Waals surface area contributed by atoms with Crippen molar-refractivity contribution in [2.75, 3.05) is 20.2 Å². The Labute approximate surface area is 140 Å². The van der Waals surface area contributed by atoms with Crippen molar-refractivity contribution in [2.24, 2.45) is 5.10 Å². The average Bonchev–Trinajstić information content (AvgIpc) is 3.16. The quantitative estimate of drug-likeness (QED) is 0.432. The first-order valence-electron chi connectivity index (χ1n) is 6.95. The van der Waals surface area contributed by atoms with Gasteiger partial charge in [-0.05, 0) is 6.07 Å². The van der Waals surface area contributed by atoms with Crippen LogP contribution in [0.1, 0.15) is 12.7 Å². The van der Waals surface area contributed by atoms with Crippen LogP contribution in [0, 0.1) is 10.1 Å². The number of carbonyl (C=O) groups excluding carboxylic acids is 3. The second-order valence-corrected chi connectivity index (χ2v) is 4.92. The number of furan rings is 1. The Morgan fingerprint density at radius 1 is 1.56 bits per heavy atom. The van der Waals surface area contributed by atoms with Crippen LogP contribution < -0.4 is 0 Å². The van der Waals surface area contributed by atoms with Crippen LogP contribution in [0.15, 0.2) is 21.7 Å². The first-order chi connectivity index (χ1) is 11.8. The van der Waals surface area contributed by atoms with E-state index < -0.39 is 35.0 Å². The van der Waals surface area contributed by atoms with E-state index in [1.807, 2.05) is 0 Å². The molecule has 1 aliphatic heterocycles. The number of ether oxygens (including phenoxy) is 2. The molecule has 1 fully saturated rings. The molecule has 134 valence electrons. The standard InChI is InChI=1S/C13H14N4O8/c1-8(18)15(2)12(19)23-7-10-6-16(13(20)25-10)14-5-9-3-4-11(24-9)17(21)22/h3-5,10H,6-7H2,1-2H3. The molecule has 12 nitrogen and oxygen atoms in total. The second-order valence-electron chi connectivity index (χ2n) is 4.92. The second kappa shape index (κ2) is 7.42. The number of hydrogen-bond acceptors (Lipinski definition) is 9. The molecule has 0 aliphatic carbocycles. The van der Waals surface area contributed by atoms with Crippen LogP contribution in [-0.4, -0.2) is 65.4 Å². The fraction of sp³-hybridized carbons (Fsp3) is 0.385. The summed E-state index contributed by atoms with van der Waals surface area (Å²) >= 11 is 0. The van der Waals surface area contributed by atoms with E-state index in [0.29, 0.717) is 0 Å². The molecule has 12 heteroatoms. The van der Waals surface area contributed by atoms with Gasteiger partial charge in [-0.15, -0.1) is 0 Å². The molecule has 3 amide bonds. The highest BCUT2D eigenvalue weighted by Crippen LogP contribution is 2.16. The zero-order valence-electron chi connectivity index (χ0n) is 13.3. The molecule has 0 spiro atoms. The predicted octanol–water partition coefficient (Wildman–Crippen LogP) is 0.957. The van der Waals surface area contributed by atoms with Gasteiger partial charge in [-0.3, -0.25) is 19.8 Å².